The predicted octanol–water partition coefficient (Wildman–Crippen LogP) is 4.48. The van der Waals surface area contributed by atoms with Crippen LogP contribution >= 0.6 is 11.6 Å². The molecule has 122 valence electrons. The lowest BCUT2D eigenvalue weighted by Crippen LogP contribution is -2.41. The summed E-state index contributed by atoms with van der Waals surface area (Å²) in [6, 6.07) is 14.6. The van der Waals surface area contributed by atoms with Crippen LogP contribution in [-0.4, -0.2) is 16.6 Å². The molecule has 23 heavy (non-hydrogen) atoms. The summed E-state index contributed by atoms with van der Waals surface area (Å²) in [4.78, 5) is 12.4. The van der Waals surface area contributed by atoms with Gasteiger partial charge in [0.15, 0.2) is 0 Å². The Balaban J connectivity index is 2.37. The summed E-state index contributed by atoms with van der Waals surface area (Å²) < 4.78 is 0. The van der Waals surface area contributed by atoms with E-state index in [9.17, 15) is 9.90 Å². The Morgan fingerprint density at radius 3 is 2.43 bits per heavy atom. The molecule has 0 heterocycles. The van der Waals surface area contributed by atoms with Crippen LogP contribution in [0.4, 0.5) is 0 Å². The third-order valence-electron chi connectivity index (χ3n) is 3.47. The number of phenols is 1. The minimum absolute atomic E-state index is 0.0641. The largest absolute Gasteiger partial charge is 0.508 e. The molecule has 1 atom stereocenters. The van der Waals surface area contributed by atoms with Crippen LogP contribution < -0.4 is 5.32 Å². The van der Waals surface area contributed by atoms with Crippen LogP contribution in [0, 0.1) is 0 Å². The van der Waals surface area contributed by atoms with Gasteiger partial charge in [-0.2, -0.15) is 0 Å². The lowest BCUT2D eigenvalue weighted by molar-refractivity contribution is -0.122. The molecule has 0 spiro atoms. The Labute approximate surface area is 142 Å². The van der Waals surface area contributed by atoms with E-state index in [1.54, 1.807) is 18.2 Å². The van der Waals surface area contributed by atoms with Gasteiger partial charge in [-0.1, -0.05) is 41.9 Å². The highest BCUT2D eigenvalue weighted by molar-refractivity contribution is 6.30. The van der Waals surface area contributed by atoms with Crippen molar-refractivity contribution in [2.24, 2.45) is 0 Å². The van der Waals surface area contributed by atoms with Gasteiger partial charge in [-0.15, -0.1) is 0 Å². The number of hydrogen-bond acceptors (Lipinski definition) is 2. The van der Waals surface area contributed by atoms with Crippen molar-refractivity contribution in [2.75, 3.05) is 0 Å². The molecule has 0 aliphatic rings. The van der Waals surface area contributed by atoms with E-state index in [0.717, 1.165) is 5.56 Å². The maximum Gasteiger partial charge on any atom is 0.221 e. The molecule has 0 radical (unpaired) electrons. The molecule has 0 aromatic heterocycles. The molecule has 2 aromatic rings. The first kappa shape index (κ1) is 17.4. The van der Waals surface area contributed by atoms with Crippen LogP contribution in [0.15, 0.2) is 48.5 Å². The zero-order valence-electron chi connectivity index (χ0n) is 13.6. The summed E-state index contributed by atoms with van der Waals surface area (Å²) in [5.74, 6) is -0.171. The summed E-state index contributed by atoms with van der Waals surface area (Å²) in [5.41, 5.74) is 1.33. The third kappa shape index (κ3) is 5.00. The molecule has 3 nitrogen and oxygen atoms in total. The Bertz CT molecular complexity index is 678. The highest BCUT2D eigenvalue weighted by atomic mass is 35.5. The molecular formula is C19H22ClNO2. The van der Waals surface area contributed by atoms with Crippen LogP contribution in [0.25, 0.3) is 0 Å². The standard InChI is InChI=1S/C19H22ClNO2/c1-19(2,3)21-18(23)12-15(13-7-5-4-6-8-13)16-11-14(20)9-10-17(16)22/h4-11,15,22H,12H2,1-3H3,(H,21,23)/t15-/m1/s1. The van der Waals surface area contributed by atoms with Gasteiger partial charge < -0.3 is 10.4 Å². The molecule has 0 saturated carbocycles. The lowest BCUT2D eigenvalue weighted by Gasteiger charge is -2.24. The van der Waals surface area contributed by atoms with Crippen molar-refractivity contribution in [1.82, 2.24) is 5.32 Å². The van der Waals surface area contributed by atoms with Crippen LogP contribution in [0.3, 0.4) is 0 Å². The number of phenolic OH excluding ortho intramolecular Hbond substituents is 1. The summed E-state index contributed by atoms with van der Waals surface area (Å²) in [6.45, 7) is 5.83. The smallest absolute Gasteiger partial charge is 0.221 e. The Morgan fingerprint density at radius 2 is 1.83 bits per heavy atom. The van der Waals surface area contributed by atoms with Gasteiger partial charge in [-0.25, -0.2) is 0 Å². The summed E-state index contributed by atoms with van der Waals surface area (Å²) >= 11 is 6.08. The average Bonchev–Trinajstić information content (AvgIpc) is 2.47. The molecule has 4 heteroatoms. The number of hydrogen-bond donors (Lipinski definition) is 2. The first-order valence-corrected chi connectivity index (χ1v) is 7.98. The predicted molar refractivity (Wildman–Crippen MR) is 93.9 cm³/mol. The minimum Gasteiger partial charge on any atom is -0.508 e. The number of halogens is 1. The molecule has 0 unspecified atom stereocenters. The molecule has 0 fully saturated rings. The third-order valence-corrected chi connectivity index (χ3v) is 3.71. The quantitative estimate of drug-likeness (QED) is 0.867. The van der Waals surface area contributed by atoms with E-state index >= 15 is 0 Å². The number of amides is 1. The van der Waals surface area contributed by atoms with Crippen molar-refractivity contribution in [3.05, 3.63) is 64.7 Å². The lowest BCUT2D eigenvalue weighted by atomic mass is 9.87. The van der Waals surface area contributed by atoms with Crippen molar-refractivity contribution in [1.29, 1.82) is 0 Å². The molecule has 0 saturated heterocycles. The van der Waals surface area contributed by atoms with Crippen molar-refractivity contribution >= 4 is 17.5 Å². The minimum atomic E-state index is -0.297. The molecule has 0 aliphatic heterocycles. The second-order valence-electron chi connectivity index (χ2n) is 6.67. The van der Waals surface area contributed by atoms with Crippen LogP contribution in [0.2, 0.25) is 5.02 Å². The molecule has 2 aromatic carbocycles. The van der Waals surface area contributed by atoms with E-state index in [4.69, 9.17) is 11.6 Å². The Kier molecular flexibility index (Phi) is 5.32. The molecule has 2 N–H and O–H groups in total. The number of benzene rings is 2. The van der Waals surface area contributed by atoms with E-state index in [-0.39, 0.29) is 29.5 Å². The molecular weight excluding hydrogens is 310 g/mol. The van der Waals surface area contributed by atoms with E-state index in [1.807, 2.05) is 51.1 Å². The Morgan fingerprint density at radius 1 is 1.17 bits per heavy atom. The summed E-state index contributed by atoms with van der Waals surface area (Å²) in [6.07, 6.45) is 0.245. The van der Waals surface area contributed by atoms with Gasteiger partial charge >= 0.3 is 0 Å². The highest BCUT2D eigenvalue weighted by Gasteiger charge is 2.23. The number of rotatable bonds is 4. The van der Waals surface area contributed by atoms with E-state index in [0.29, 0.717) is 10.6 Å². The van der Waals surface area contributed by atoms with Crippen LogP contribution in [-0.2, 0) is 4.79 Å². The molecule has 2 rings (SSSR count). The zero-order chi connectivity index (χ0) is 17.0. The van der Waals surface area contributed by atoms with Crippen LogP contribution in [0.1, 0.15) is 44.2 Å². The van der Waals surface area contributed by atoms with E-state index in [2.05, 4.69) is 5.32 Å². The SMILES string of the molecule is CC(C)(C)NC(=O)C[C@H](c1ccccc1)c1cc(Cl)ccc1O. The fraction of sp³-hybridized carbons (Fsp3) is 0.316. The van der Waals surface area contributed by atoms with Crippen LogP contribution in [0.5, 0.6) is 5.75 Å². The van der Waals surface area contributed by atoms with Gasteiger partial charge in [-0.3, -0.25) is 4.79 Å². The molecule has 1 amide bonds. The second kappa shape index (κ2) is 7.05. The van der Waals surface area contributed by atoms with Crippen molar-refractivity contribution in [3.8, 4) is 5.75 Å². The van der Waals surface area contributed by atoms with Crippen molar-refractivity contribution in [2.45, 2.75) is 38.6 Å². The van der Waals surface area contributed by atoms with Crippen molar-refractivity contribution < 1.29 is 9.90 Å². The van der Waals surface area contributed by atoms with Gasteiger partial charge in [0.05, 0.1) is 0 Å². The topological polar surface area (TPSA) is 49.3 Å². The molecule has 0 bridgehead atoms. The van der Waals surface area contributed by atoms with Gasteiger partial charge in [0.1, 0.15) is 5.75 Å². The first-order valence-electron chi connectivity index (χ1n) is 7.60. The zero-order valence-corrected chi connectivity index (χ0v) is 14.4. The maximum absolute atomic E-state index is 12.4. The second-order valence-corrected chi connectivity index (χ2v) is 7.11. The number of aromatic hydroxyl groups is 1. The fourth-order valence-corrected chi connectivity index (χ4v) is 2.73. The Hall–Kier alpha value is -2.00. The number of nitrogens with one attached hydrogen (secondary N) is 1. The number of carbonyl (C=O) groups is 1. The summed E-state index contributed by atoms with van der Waals surface area (Å²) in [7, 11) is 0. The van der Waals surface area contributed by atoms with Crippen molar-refractivity contribution in [3.63, 3.8) is 0 Å². The maximum atomic E-state index is 12.4. The number of carbonyl (C=O) groups excluding carboxylic acids is 1. The monoisotopic (exact) mass is 331 g/mol. The normalized spacial score (nSPS) is 12.7. The summed E-state index contributed by atoms with van der Waals surface area (Å²) in [5, 5.41) is 13.7. The fourth-order valence-electron chi connectivity index (χ4n) is 2.55. The van der Waals surface area contributed by atoms with Gasteiger partial charge in [0.2, 0.25) is 5.91 Å². The van der Waals surface area contributed by atoms with Gasteiger partial charge in [0.25, 0.3) is 0 Å². The van der Waals surface area contributed by atoms with Gasteiger partial charge in [0, 0.05) is 28.5 Å². The average molecular weight is 332 g/mol. The van der Waals surface area contributed by atoms with E-state index < -0.39 is 0 Å². The van der Waals surface area contributed by atoms with Gasteiger partial charge in [-0.05, 0) is 44.5 Å². The first-order chi connectivity index (χ1) is 10.8. The molecule has 0 aliphatic carbocycles. The van der Waals surface area contributed by atoms with E-state index in [1.165, 1.54) is 0 Å². The highest BCUT2D eigenvalue weighted by Crippen LogP contribution is 2.35.